The average Bonchev–Trinajstić information content (AvgIpc) is 3.19. The van der Waals surface area contributed by atoms with E-state index in [4.69, 9.17) is 0 Å². The summed E-state index contributed by atoms with van der Waals surface area (Å²) in [7, 11) is -3.93. The Morgan fingerprint density at radius 1 is 0.524 bits per heavy atom. The topological polar surface area (TPSA) is 40.6 Å². The van der Waals surface area contributed by atoms with Gasteiger partial charge in [-0.25, -0.2) is 12.7 Å². The minimum atomic E-state index is -3.93. The highest BCUT2D eigenvalue weighted by molar-refractivity contribution is 7.93. The molecular formula is C37H28N2O2S. The third-order valence-electron chi connectivity index (χ3n) is 8.75. The normalized spacial score (nSPS) is 20.5. The van der Waals surface area contributed by atoms with E-state index in [0.717, 1.165) is 28.1 Å². The fourth-order valence-electron chi connectivity index (χ4n) is 6.89. The molecule has 204 valence electrons. The summed E-state index contributed by atoms with van der Waals surface area (Å²) in [6, 6.07) is 45.9. The molecule has 5 aromatic carbocycles. The van der Waals surface area contributed by atoms with Gasteiger partial charge in [0.05, 0.1) is 22.3 Å². The molecule has 2 aliphatic heterocycles. The number of para-hydroxylation sites is 1. The molecule has 0 amide bonds. The summed E-state index contributed by atoms with van der Waals surface area (Å²) < 4.78 is 30.4. The van der Waals surface area contributed by atoms with Crippen molar-refractivity contribution in [3.8, 4) is 0 Å². The first-order valence-corrected chi connectivity index (χ1v) is 15.7. The maximum atomic E-state index is 14.4. The van der Waals surface area contributed by atoms with Crippen molar-refractivity contribution in [2.45, 2.75) is 22.8 Å². The Bertz CT molecular complexity index is 1970. The summed E-state index contributed by atoms with van der Waals surface area (Å²) in [6.45, 7) is 0. The Hall–Kier alpha value is -4.87. The maximum Gasteiger partial charge on any atom is 0.268 e. The molecule has 3 aliphatic rings. The van der Waals surface area contributed by atoms with Crippen LogP contribution in [0.25, 0.3) is 11.4 Å². The summed E-state index contributed by atoms with van der Waals surface area (Å²) in [5.74, 6) is 0.390. The number of benzene rings is 5. The van der Waals surface area contributed by atoms with E-state index in [1.54, 1.807) is 24.3 Å². The molecule has 0 fully saturated rings. The van der Waals surface area contributed by atoms with E-state index in [9.17, 15) is 8.42 Å². The Labute approximate surface area is 246 Å². The van der Waals surface area contributed by atoms with E-state index >= 15 is 0 Å². The first-order chi connectivity index (χ1) is 20.6. The number of hydrogen-bond donors (Lipinski definition) is 0. The van der Waals surface area contributed by atoms with E-state index in [0.29, 0.717) is 5.69 Å². The van der Waals surface area contributed by atoms with Crippen molar-refractivity contribution in [3.05, 3.63) is 180 Å². The Kier molecular flexibility index (Phi) is 5.69. The smallest absolute Gasteiger partial charge is 0.268 e. The monoisotopic (exact) mass is 564 g/mol. The minimum Gasteiger partial charge on any atom is -0.331 e. The van der Waals surface area contributed by atoms with Crippen LogP contribution >= 0.6 is 0 Å². The van der Waals surface area contributed by atoms with Crippen LogP contribution in [-0.4, -0.2) is 13.3 Å². The highest BCUT2D eigenvalue weighted by Gasteiger charge is 2.51. The zero-order valence-corrected chi connectivity index (χ0v) is 23.6. The van der Waals surface area contributed by atoms with E-state index in [1.807, 2.05) is 54.7 Å². The first-order valence-electron chi connectivity index (χ1n) is 14.2. The summed E-state index contributed by atoms with van der Waals surface area (Å²) in [4.78, 5) is 2.65. The number of sulfonamides is 1. The molecule has 42 heavy (non-hydrogen) atoms. The second kappa shape index (κ2) is 9.61. The van der Waals surface area contributed by atoms with Crippen LogP contribution in [0, 0.1) is 0 Å². The summed E-state index contributed by atoms with van der Waals surface area (Å²) >= 11 is 0. The number of fused-ring (bicyclic) bond motifs is 8. The highest BCUT2D eigenvalue weighted by Crippen LogP contribution is 2.63. The van der Waals surface area contributed by atoms with Crippen molar-refractivity contribution in [1.82, 2.24) is 4.90 Å². The van der Waals surface area contributed by atoms with Gasteiger partial charge in [0.2, 0.25) is 0 Å². The van der Waals surface area contributed by atoms with Gasteiger partial charge in [-0.3, -0.25) is 0 Å². The van der Waals surface area contributed by atoms with Gasteiger partial charge < -0.3 is 4.90 Å². The maximum absolute atomic E-state index is 14.4. The predicted octanol–water partition coefficient (Wildman–Crippen LogP) is 8.17. The highest BCUT2D eigenvalue weighted by atomic mass is 32.2. The molecule has 0 bridgehead atoms. The third-order valence-corrected chi connectivity index (χ3v) is 10.4. The lowest BCUT2D eigenvalue weighted by Crippen LogP contribution is -2.41. The first kappa shape index (κ1) is 24.9. The van der Waals surface area contributed by atoms with Crippen LogP contribution in [0.3, 0.4) is 0 Å². The molecule has 0 saturated carbocycles. The van der Waals surface area contributed by atoms with Crippen LogP contribution in [0.2, 0.25) is 0 Å². The molecule has 8 rings (SSSR count). The van der Waals surface area contributed by atoms with E-state index in [1.165, 1.54) is 15.4 Å². The number of allylic oxidation sites excluding steroid dienone is 1. The summed E-state index contributed by atoms with van der Waals surface area (Å²) in [5.41, 5.74) is 8.32. The molecular weight excluding hydrogens is 536 g/mol. The molecule has 0 N–H and O–H groups in total. The van der Waals surface area contributed by atoms with Crippen LogP contribution in [-0.2, 0) is 10.0 Å². The summed E-state index contributed by atoms with van der Waals surface area (Å²) in [6.07, 6.45) is 4.22. The molecule has 4 nitrogen and oxygen atoms in total. The average molecular weight is 565 g/mol. The molecule has 5 heteroatoms. The second-order valence-electron chi connectivity index (χ2n) is 11.0. The van der Waals surface area contributed by atoms with Gasteiger partial charge in [0, 0.05) is 29.3 Å². The number of nitrogens with zero attached hydrogens (tertiary/aromatic N) is 2. The third kappa shape index (κ3) is 3.70. The molecule has 2 heterocycles. The van der Waals surface area contributed by atoms with Crippen LogP contribution in [0.5, 0.6) is 0 Å². The molecule has 5 aromatic rings. The van der Waals surface area contributed by atoms with Gasteiger partial charge >= 0.3 is 0 Å². The predicted molar refractivity (Wildman–Crippen MR) is 168 cm³/mol. The van der Waals surface area contributed by atoms with Crippen molar-refractivity contribution in [2.24, 2.45) is 0 Å². The quantitative estimate of drug-likeness (QED) is 0.221. The van der Waals surface area contributed by atoms with Gasteiger partial charge in [-0.05, 0) is 40.5 Å². The van der Waals surface area contributed by atoms with E-state index < -0.39 is 10.0 Å². The molecule has 0 saturated heterocycles. The van der Waals surface area contributed by atoms with Gasteiger partial charge in [0.25, 0.3) is 10.0 Å². The van der Waals surface area contributed by atoms with Crippen molar-refractivity contribution in [2.75, 3.05) is 4.31 Å². The SMILES string of the molecule is O=S(=O)(c1ccccc1)N1C=C(c2ccccc2)N2C(c3ccccc3)=CC3c4ccccc4C3C2c2ccccc21. The lowest BCUT2D eigenvalue weighted by atomic mass is 9.61. The zero-order chi connectivity index (χ0) is 28.3. The Morgan fingerprint density at radius 2 is 1.05 bits per heavy atom. The zero-order valence-electron chi connectivity index (χ0n) is 22.8. The standard InChI is InChI=1S/C37H28N2O2S/c40-42(41,28-18-8-3-9-19-28)38-25-35(27-16-6-2-7-17-27)39-34(26-14-4-1-5-15-26)24-32-29-20-10-11-21-30(29)36(32)37(39)31-22-12-13-23-33(31)38/h1-25,32,36-37H. The Morgan fingerprint density at radius 3 is 1.71 bits per heavy atom. The van der Waals surface area contributed by atoms with Gasteiger partial charge in [-0.15, -0.1) is 0 Å². The minimum absolute atomic E-state index is 0.122. The van der Waals surface area contributed by atoms with Crippen LogP contribution < -0.4 is 4.31 Å². The fourth-order valence-corrected chi connectivity index (χ4v) is 8.29. The molecule has 3 unspecified atom stereocenters. The van der Waals surface area contributed by atoms with Crippen LogP contribution in [0.4, 0.5) is 5.69 Å². The molecule has 0 spiro atoms. The largest absolute Gasteiger partial charge is 0.331 e. The van der Waals surface area contributed by atoms with Crippen LogP contribution in [0.15, 0.2) is 157 Å². The molecule has 0 aromatic heterocycles. The van der Waals surface area contributed by atoms with Gasteiger partial charge in [-0.1, -0.05) is 127 Å². The van der Waals surface area contributed by atoms with Crippen molar-refractivity contribution >= 4 is 27.1 Å². The lowest BCUT2D eigenvalue weighted by molar-refractivity contribution is 0.286. The van der Waals surface area contributed by atoms with Gasteiger partial charge in [-0.2, -0.15) is 0 Å². The van der Waals surface area contributed by atoms with Crippen molar-refractivity contribution in [3.63, 3.8) is 0 Å². The van der Waals surface area contributed by atoms with E-state index in [2.05, 4.69) is 77.7 Å². The van der Waals surface area contributed by atoms with Gasteiger partial charge in [0.1, 0.15) is 0 Å². The Balaban J connectivity index is 1.46. The van der Waals surface area contributed by atoms with Gasteiger partial charge in [0.15, 0.2) is 0 Å². The molecule has 0 radical (unpaired) electrons. The number of hydrogen-bond acceptors (Lipinski definition) is 3. The number of anilines is 1. The lowest BCUT2D eigenvalue weighted by Gasteiger charge is -2.52. The van der Waals surface area contributed by atoms with Crippen molar-refractivity contribution in [1.29, 1.82) is 0 Å². The molecule has 3 atom stereocenters. The second-order valence-corrected chi connectivity index (χ2v) is 12.8. The molecule has 1 aliphatic carbocycles. The fraction of sp³-hybridized carbons (Fsp3) is 0.0811. The van der Waals surface area contributed by atoms with Crippen molar-refractivity contribution < 1.29 is 8.42 Å². The summed E-state index contributed by atoms with van der Waals surface area (Å²) in [5, 5.41) is 0. The van der Waals surface area contributed by atoms with E-state index in [-0.39, 0.29) is 22.8 Å². The van der Waals surface area contributed by atoms with Crippen LogP contribution in [0.1, 0.15) is 45.7 Å². The number of rotatable bonds is 4.